The Kier molecular flexibility index (Phi) is 4.71. The van der Waals surface area contributed by atoms with Crippen LogP contribution in [0.5, 0.6) is 0 Å². The van der Waals surface area contributed by atoms with Crippen LogP contribution in [0.25, 0.3) is 0 Å². The summed E-state index contributed by atoms with van der Waals surface area (Å²) >= 11 is 0. The van der Waals surface area contributed by atoms with Gasteiger partial charge in [-0.2, -0.15) is 0 Å². The van der Waals surface area contributed by atoms with E-state index < -0.39 is 15.4 Å². The molecule has 1 saturated carbocycles. The van der Waals surface area contributed by atoms with Gasteiger partial charge < -0.3 is 4.74 Å². The van der Waals surface area contributed by atoms with Crippen LogP contribution in [0.2, 0.25) is 0 Å². The lowest BCUT2D eigenvalue weighted by Gasteiger charge is -2.33. The summed E-state index contributed by atoms with van der Waals surface area (Å²) in [6.07, 6.45) is 2.80. The molecular formula is C13H24N2O4S. The Morgan fingerprint density at radius 1 is 1.35 bits per heavy atom. The van der Waals surface area contributed by atoms with Gasteiger partial charge in [-0.05, 0) is 32.7 Å². The van der Waals surface area contributed by atoms with Crippen LogP contribution < -0.4 is 5.32 Å². The van der Waals surface area contributed by atoms with E-state index in [0.717, 1.165) is 12.8 Å². The number of hydrogen-bond acceptors (Lipinski definition) is 6. The summed E-state index contributed by atoms with van der Waals surface area (Å²) in [6, 6.07) is 0.384. The number of sulfone groups is 1. The van der Waals surface area contributed by atoms with Crippen molar-refractivity contribution in [2.45, 2.75) is 37.8 Å². The molecule has 0 aromatic heterocycles. The van der Waals surface area contributed by atoms with E-state index in [4.69, 9.17) is 4.74 Å². The van der Waals surface area contributed by atoms with Crippen molar-refractivity contribution >= 4 is 15.8 Å². The summed E-state index contributed by atoms with van der Waals surface area (Å²) in [7, 11) is -1.53. The lowest BCUT2D eigenvalue weighted by Crippen LogP contribution is -2.58. The highest BCUT2D eigenvalue weighted by molar-refractivity contribution is 7.91. The largest absolute Gasteiger partial charge is 0.468 e. The van der Waals surface area contributed by atoms with Gasteiger partial charge in [0.1, 0.15) is 5.54 Å². The van der Waals surface area contributed by atoms with Crippen LogP contribution in [-0.4, -0.2) is 69.1 Å². The predicted molar refractivity (Wildman–Crippen MR) is 76.3 cm³/mol. The first kappa shape index (κ1) is 15.7. The minimum Gasteiger partial charge on any atom is -0.468 e. The molecule has 0 aromatic rings. The van der Waals surface area contributed by atoms with Crippen molar-refractivity contribution < 1.29 is 17.9 Å². The van der Waals surface area contributed by atoms with Crippen molar-refractivity contribution in [1.29, 1.82) is 0 Å². The molecule has 1 atom stereocenters. The SMILES string of the molecule is COC(=O)C(C)(CN1CCCS(=O)(=O)CC1)NC1CC1. The highest BCUT2D eigenvalue weighted by Crippen LogP contribution is 2.24. The standard InChI is InChI=1S/C13H24N2O4S/c1-13(12(16)19-2,14-11-4-5-11)10-15-6-3-8-20(17,18)9-7-15/h11,14H,3-10H2,1-2H3. The van der Waals surface area contributed by atoms with E-state index in [1.807, 2.05) is 6.92 Å². The number of nitrogens with zero attached hydrogens (tertiary/aromatic N) is 1. The minimum absolute atomic E-state index is 0.174. The minimum atomic E-state index is -2.92. The third-order valence-corrected chi connectivity index (χ3v) is 5.64. The number of hydrogen-bond donors (Lipinski definition) is 1. The molecule has 2 aliphatic rings. The van der Waals surface area contributed by atoms with E-state index in [1.54, 1.807) is 0 Å². The van der Waals surface area contributed by atoms with E-state index in [9.17, 15) is 13.2 Å². The molecule has 0 amide bonds. The second kappa shape index (κ2) is 5.99. The van der Waals surface area contributed by atoms with Gasteiger partial charge in [0.15, 0.2) is 9.84 Å². The van der Waals surface area contributed by atoms with Gasteiger partial charge in [-0.3, -0.25) is 15.0 Å². The summed E-state index contributed by atoms with van der Waals surface area (Å²) in [5.74, 6) is 0.138. The van der Waals surface area contributed by atoms with Gasteiger partial charge >= 0.3 is 5.97 Å². The van der Waals surface area contributed by atoms with Crippen molar-refractivity contribution in [3.8, 4) is 0 Å². The second-order valence-corrected chi connectivity index (χ2v) is 8.33. The number of nitrogens with one attached hydrogen (secondary N) is 1. The molecule has 116 valence electrons. The van der Waals surface area contributed by atoms with E-state index >= 15 is 0 Å². The fourth-order valence-corrected chi connectivity index (χ4v) is 3.98. The number of methoxy groups -OCH3 is 1. The normalized spacial score (nSPS) is 26.5. The van der Waals surface area contributed by atoms with Crippen LogP contribution in [0.15, 0.2) is 0 Å². The zero-order valence-electron chi connectivity index (χ0n) is 12.2. The maximum absolute atomic E-state index is 12.1. The molecule has 1 aliphatic heterocycles. The Bertz CT molecular complexity index is 461. The fourth-order valence-electron chi connectivity index (χ4n) is 2.67. The van der Waals surface area contributed by atoms with Gasteiger partial charge in [-0.1, -0.05) is 0 Å². The predicted octanol–water partition coefficient (Wildman–Crippen LogP) is -0.209. The Balaban J connectivity index is 2.01. The van der Waals surface area contributed by atoms with Crippen LogP contribution in [0.1, 0.15) is 26.2 Å². The first-order valence-electron chi connectivity index (χ1n) is 7.13. The number of ether oxygens (including phenoxy) is 1. The van der Waals surface area contributed by atoms with Crippen LogP contribution >= 0.6 is 0 Å². The molecule has 2 rings (SSSR count). The first-order valence-corrected chi connectivity index (χ1v) is 8.96. The molecule has 20 heavy (non-hydrogen) atoms. The topological polar surface area (TPSA) is 75.7 Å². The summed E-state index contributed by atoms with van der Waals surface area (Å²) in [4.78, 5) is 14.1. The van der Waals surface area contributed by atoms with Crippen molar-refractivity contribution in [3.05, 3.63) is 0 Å². The van der Waals surface area contributed by atoms with Gasteiger partial charge in [-0.25, -0.2) is 8.42 Å². The van der Waals surface area contributed by atoms with Crippen molar-refractivity contribution in [2.75, 3.05) is 38.2 Å². The van der Waals surface area contributed by atoms with Crippen molar-refractivity contribution in [2.24, 2.45) is 0 Å². The number of rotatable bonds is 5. The summed E-state index contributed by atoms with van der Waals surface area (Å²) in [6.45, 7) is 3.53. The molecule has 1 heterocycles. The molecule has 0 radical (unpaired) electrons. The monoisotopic (exact) mass is 304 g/mol. The van der Waals surface area contributed by atoms with Gasteiger partial charge in [-0.15, -0.1) is 0 Å². The molecular weight excluding hydrogens is 280 g/mol. The highest BCUT2D eigenvalue weighted by Gasteiger charge is 2.41. The average Bonchev–Trinajstić information content (AvgIpc) is 3.18. The zero-order chi connectivity index (χ0) is 14.8. The molecule has 1 saturated heterocycles. The lowest BCUT2D eigenvalue weighted by molar-refractivity contribution is -0.148. The van der Waals surface area contributed by atoms with Gasteiger partial charge in [0.05, 0.1) is 18.6 Å². The van der Waals surface area contributed by atoms with Gasteiger partial charge in [0.2, 0.25) is 0 Å². The van der Waals surface area contributed by atoms with Gasteiger partial charge in [0, 0.05) is 19.1 Å². The van der Waals surface area contributed by atoms with Crippen LogP contribution in [0.4, 0.5) is 0 Å². The molecule has 0 aromatic carbocycles. The van der Waals surface area contributed by atoms with E-state index in [-0.39, 0.29) is 17.5 Å². The van der Waals surface area contributed by atoms with E-state index in [2.05, 4.69) is 10.2 Å². The average molecular weight is 304 g/mol. The smallest absolute Gasteiger partial charge is 0.327 e. The molecule has 0 bridgehead atoms. The Morgan fingerprint density at radius 2 is 2.05 bits per heavy atom. The molecule has 2 fully saturated rings. The summed E-state index contributed by atoms with van der Waals surface area (Å²) in [5, 5.41) is 3.34. The molecule has 1 unspecified atom stereocenters. The van der Waals surface area contributed by atoms with E-state index in [1.165, 1.54) is 7.11 Å². The maximum atomic E-state index is 12.1. The molecule has 1 N–H and O–H groups in total. The van der Waals surface area contributed by atoms with Crippen molar-refractivity contribution in [3.63, 3.8) is 0 Å². The zero-order valence-corrected chi connectivity index (χ0v) is 13.0. The van der Waals surface area contributed by atoms with Crippen molar-refractivity contribution in [1.82, 2.24) is 10.2 Å². The van der Waals surface area contributed by atoms with Crippen LogP contribution in [-0.2, 0) is 19.4 Å². The van der Waals surface area contributed by atoms with Crippen LogP contribution in [0.3, 0.4) is 0 Å². The van der Waals surface area contributed by atoms with E-state index in [0.29, 0.717) is 32.1 Å². The first-order chi connectivity index (χ1) is 9.35. The number of carbonyl (C=O) groups excluding carboxylic acids is 1. The Morgan fingerprint density at radius 3 is 2.65 bits per heavy atom. The highest BCUT2D eigenvalue weighted by atomic mass is 32.2. The number of esters is 1. The molecule has 6 nitrogen and oxygen atoms in total. The Hall–Kier alpha value is -0.660. The third-order valence-electron chi connectivity index (χ3n) is 3.92. The third kappa shape index (κ3) is 4.17. The summed E-state index contributed by atoms with van der Waals surface area (Å²) in [5.41, 5.74) is -0.760. The molecule has 1 aliphatic carbocycles. The molecule has 0 spiro atoms. The summed E-state index contributed by atoms with van der Waals surface area (Å²) < 4.78 is 28.2. The maximum Gasteiger partial charge on any atom is 0.327 e. The van der Waals surface area contributed by atoms with Crippen LogP contribution in [0, 0.1) is 0 Å². The fraction of sp³-hybridized carbons (Fsp3) is 0.923. The lowest BCUT2D eigenvalue weighted by atomic mass is 10.0. The number of carbonyl (C=O) groups is 1. The second-order valence-electron chi connectivity index (χ2n) is 6.02. The quantitative estimate of drug-likeness (QED) is 0.709. The van der Waals surface area contributed by atoms with Gasteiger partial charge in [0.25, 0.3) is 0 Å². The molecule has 7 heteroatoms. The Labute approximate surface area is 120 Å².